The van der Waals surface area contributed by atoms with Gasteiger partial charge in [-0.25, -0.2) is 9.97 Å². The number of carbonyl (C=O) groups excluding carboxylic acids is 1. The van der Waals surface area contributed by atoms with E-state index < -0.39 is 5.41 Å². The first kappa shape index (κ1) is 16.7. The zero-order chi connectivity index (χ0) is 19.3. The Kier molecular flexibility index (Phi) is 3.62. The number of nitrogens with zero attached hydrogens (tertiary/aromatic N) is 3. The average Bonchev–Trinajstić information content (AvgIpc) is 3.44. The Morgan fingerprint density at radius 1 is 1.11 bits per heavy atom. The maximum absolute atomic E-state index is 12.6. The lowest BCUT2D eigenvalue weighted by atomic mass is 9.77. The first-order valence-corrected chi connectivity index (χ1v) is 9.59. The maximum Gasteiger partial charge on any atom is 0.235 e. The smallest absolute Gasteiger partial charge is 0.235 e. The summed E-state index contributed by atoms with van der Waals surface area (Å²) in [7, 11) is 0. The van der Waals surface area contributed by atoms with Crippen molar-refractivity contribution < 1.29 is 4.79 Å². The van der Waals surface area contributed by atoms with Gasteiger partial charge in [0.15, 0.2) is 0 Å². The van der Waals surface area contributed by atoms with Gasteiger partial charge in [-0.2, -0.15) is 0 Å². The van der Waals surface area contributed by atoms with E-state index in [1.54, 1.807) is 12.5 Å². The number of aromatic nitrogens is 4. The molecule has 0 radical (unpaired) electrons. The minimum Gasteiger partial charge on any atom is -0.338 e. The van der Waals surface area contributed by atoms with Crippen LogP contribution >= 0.6 is 0 Å². The molecule has 0 fully saturated rings. The minimum absolute atomic E-state index is 0.0930. The minimum atomic E-state index is -0.449. The van der Waals surface area contributed by atoms with E-state index >= 15 is 0 Å². The third-order valence-electron chi connectivity index (χ3n) is 5.97. The van der Waals surface area contributed by atoms with E-state index in [4.69, 9.17) is 4.98 Å². The van der Waals surface area contributed by atoms with Crippen LogP contribution < -0.4 is 5.32 Å². The van der Waals surface area contributed by atoms with E-state index in [-0.39, 0.29) is 5.91 Å². The van der Waals surface area contributed by atoms with E-state index in [2.05, 4.69) is 35.2 Å². The molecule has 0 saturated carbocycles. The van der Waals surface area contributed by atoms with Crippen LogP contribution in [0, 0.1) is 0 Å². The first-order valence-electron chi connectivity index (χ1n) is 9.59. The van der Waals surface area contributed by atoms with Crippen LogP contribution in [0.25, 0.3) is 28.1 Å². The molecule has 6 nitrogen and oxygen atoms in total. The summed E-state index contributed by atoms with van der Waals surface area (Å²) in [6.45, 7) is 4.14. The van der Waals surface area contributed by atoms with Crippen LogP contribution in [0.2, 0.25) is 0 Å². The summed E-state index contributed by atoms with van der Waals surface area (Å²) in [6.07, 6.45) is 7.01. The second kappa shape index (κ2) is 6.05. The quantitative estimate of drug-likeness (QED) is 0.557. The van der Waals surface area contributed by atoms with Crippen LogP contribution in [0.4, 0.5) is 5.69 Å². The van der Waals surface area contributed by atoms with Crippen LogP contribution in [0.1, 0.15) is 32.3 Å². The number of H-pyrrole nitrogens is 1. The molecule has 28 heavy (non-hydrogen) atoms. The molecular formula is C22H21N5O. The fourth-order valence-electron chi connectivity index (χ4n) is 4.21. The van der Waals surface area contributed by atoms with Crippen molar-refractivity contribution in [3.8, 4) is 17.1 Å². The molecule has 0 saturated heterocycles. The molecule has 0 spiro atoms. The number of rotatable bonds is 4. The van der Waals surface area contributed by atoms with E-state index in [1.165, 1.54) is 0 Å². The lowest BCUT2D eigenvalue weighted by Crippen LogP contribution is -2.32. The van der Waals surface area contributed by atoms with Crippen molar-refractivity contribution in [1.29, 1.82) is 0 Å². The van der Waals surface area contributed by atoms with E-state index in [0.717, 1.165) is 52.2 Å². The van der Waals surface area contributed by atoms with Crippen LogP contribution in [0.3, 0.4) is 0 Å². The Morgan fingerprint density at radius 3 is 2.57 bits per heavy atom. The van der Waals surface area contributed by atoms with Gasteiger partial charge in [0.2, 0.25) is 5.91 Å². The highest BCUT2D eigenvalue weighted by Gasteiger charge is 2.44. The number of carbonyl (C=O) groups is 1. The van der Waals surface area contributed by atoms with Crippen molar-refractivity contribution in [1.82, 2.24) is 19.5 Å². The highest BCUT2D eigenvalue weighted by molar-refractivity contribution is 6.08. The third kappa shape index (κ3) is 2.30. The summed E-state index contributed by atoms with van der Waals surface area (Å²) < 4.78 is 1.96. The summed E-state index contributed by atoms with van der Waals surface area (Å²) in [4.78, 5) is 24.9. The zero-order valence-corrected chi connectivity index (χ0v) is 15.9. The van der Waals surface area contributed by atoms with Gasteiger partial charge in [0.1, 0.15) is 5.82 Å². The number of hydrogen-bond acceptors (Lipinski definition) is 3. The molecule has 0 atom stereocenters. The lowest BCUT2D eigenvalue weighted by molar-refractivity contribution is -0.121. The SMILES string of the molecule is CCC1(CC)C(=O)Nc2cc3[nH]c(-c4ccc(-n5ccnc5)cc4)nc3cc21. The van der Waals surface area contributed by atoms with Crippen molar-refractivity contribution in [2.75, 3.05) is 5.32 Å². The topological polar surface area (TPSA) is 75.6 Å². The van der Waals surface area contributed by atoms with Gasteiger partial charge in [0.05, 0.1) is 22.8 Å². The number of fused-ring (bicyclic) bond motifs is 2. The first-order chi connectivity index (χ1) is 13.6. The van der Waals surface area contributed by atoms with Gasteiger partial charge < -0.3 is 14.9 Å². The van der Waals surface area contributed by atoms with Crippen LogP contribution in [0.5, 0.6) is 0 Å². The molecule has 3 heterocycles. The number of anilines is 1. The van der Waals surface area contributed by atoms with Crippen molar-refractivity contribution in [2.45, 2.75) is 32.1 Å². The van der Waals surface area contributed by atoms with Crippen molar-refractivity contribution in [3.05, 3.63) is 60.7 Å². The molecule has 0 bridgehead atoms. The molecule has 0 unspecified atom stereocenters. The third-order valence-corrected chi connectivity index (χ3v) is 5.97. The van der Waals surface area contributed by atoms with Crippen LogP contribution in [0.15, 0.2) is 55.1 Å². The molecule has 5 rings (SSSR count). The summed E-state index contributed by atoms with van der Waals surface area (Å²) in [5.41, 5.74) is 5.38. The van der Waals surface area contributed by atoms with E-state index in [1.807, 2.05) is 41.1 Å². The maximum atomic E-state index is 12.6. The number of imidazole rings is 2. The predicted molar refractivity (Wildman–Crippen MR) is 110 cm³/mol. The molecular weight excluding hydrogens is 350 g/mol. The Morgan fingerprint density at radius 2 is 1.89 bits per heavy atom. The summed E-state index contributed by atoms with van der Waals surface area (Å²) in [6, 6.07) is 12.3. The number of aromatic amines is 1. The Hall–Kier alpha value is -3.41. The molecule has 2 aromatic carbocycles. The number of nitrogens with one attached hydrogen (secondary N) is 2. The van der Waals surface area contributed by atoms with Gasteiger partial charge in [0.25, 0.3) is 0 Å². The number of benzene rings is 2. The van der Waals surface area contributed by atoms with Crippen LogP contribution in [-0.2, 0) is 10.2 Å². The standard InChI is InChI=1S/C22H21N5O/c1-3-22(4-2)16-11-18-19(12-17(16)26-21(22)28)25-20(24-18)14-5-7-15(8-6-14)27-10-9-23-13-27/h5-13H,3-4H2,1-2H3,(H,24,25)(H,26,28). The number of amides is 1. The Bertz CT molecular complexity index is 1170. The fraction of sp³-hybridized carbons (Fsp3) is 0.227. The van der Waals surface area contributed by atoms with Crippen molar-refractivity contribution in [2.24, 2.45) is 0 Å². The predicted octanol–water partition coefficient (Wildman–Crippen LogP) is 4.43. The molecule has 0 aliphatic carbocycles. The summed E-state index contributed by atoms with van der Waals surface area (Å²) >= 11 is 0. The van der Waals surface area contributed by atoms with Gasteiger partial charge >= 0.3 is 0 Å². The summed E-state index contributed by atoms with van der Waals surface area (Å²) in [5, 5.41) is 3.06. The van der Waals surface area contributed by atoms with E-state index in [0.29, 0.717) is 0 Å². The molecule has 2 aromatic heterocycles. The van der Waals surface area contributed by atoms with Gasteiger partial charge in [0, 0.05) is 29.3 Å². The normalized spacial score (nSPS) is 15.0. The second-order valence-corrected chi connectivity index (χ2v) is 7.26. The monoisotopic (exact) mass is 371 g/mol. The largest absolute Gasteiger partial charge is 0.338 e. The molecule has 140 valence electrons. The number of hydrogen-bond donors (Lipinski definition) is 2. The average molecular weight is 371 g/mol. The molecule has 1 aliphatic rings. The molecule has 2 N–H and O–H groups in total. The molecule has 4 aromatic rings. The van der Waals surface area contributed by atoms with Gasteiger partial charge in [-0.15, -0.1) is 0 Å². The Balaban J connectivity index is 1.56. The summed E-state index contributed by atoms with van der Waals surface area (Å²) in [5.74, 6) is 0.913. The van der Waals surface area contributed by atoms with Gasteiger partial charge in [-0.1, -0.05) is 13.8 Å². The zero-order valence-electron chi connectivity index (χ0n) is 15.9. The second-order valence-electron chi connectivity index (χ2n) is 7.26. The lowest BCUT2D eigenvalue weighted by Gasteiger charge is -2.23. The van der Waals surface area contributed by atoms with E-state index in [9.17, 15) is 4.79 Å². The molecule has 1 amide bonds. The highest BCUT2D eigenvalue weighted by Crippen LogP contribution is 2.44. The highest BCUT2D eigenvalue weighted by atomic mass is 16.2. The Labute approximate surface area is 162 Å². The van der Waals surface area contributed by atoms with Crippen molar-refractivity contribution >= 4 is 22.6 Å². The fourth-order valence-corrected chi connectivity index (χ4v) is 4.21. The van der Waals surface area contributed by atoms with Gasteiger partial charge in [-0.3, -0.25) is 4.79 Å². The molecule has 6 heteroatoms. The van der Waals surface area contributed by atoms with Crippen LogP contribution in [-0.4, -0.2) is 25.4 Å². The van der Waals surface area contributed by atoms with Gasteiger partial charge in [-0.05, 0) is 54.8 Å². The molecule has 1 aliphatic heterocycles. The van der Waals surface area contributed by atoms with Crippen molar-refractivity contribution in [3.63, 3.8) is 0 Å².